The van der Waals surface area contributed by atoms with Crippen molar-refractivity contribution in [3.05, 3.63) is 35.4 Å². The van der Waals surface area contributed by atoms with E-state index in [-0.39, 0.29) is 18.8 Å². The Labute approximate surface area is 112 Å². The van der Waals surface area contributed by atoms with Crippen LogP contribution in [0.5, 0.6) is 0 Å². The van der Waals surface area contributed by atoms with Gasteiger partial charge in [0.15, 0.2) is 0 Å². The van der Waals surface area contributed by atoms with Gasteiger partial charge >= 0.3 is 12.1 Å². The Morgan fingerprint density at radius 3 is 2.10 bits per heavy atom. The van der Waals surface area contributed by atoms with Crippen LogP contribution in [-0.2, 0) is 10.7 Å². The Balaban J connectivity index is 2.15. The van der Waals surface area contributed by atoms with E-state index in [1.807, 2.05) is 0 Å². The third-order valence-corrected chi connectivity index (χ3v) is 3.31. The average Bonchev–Trinajstić information content (AvgIpc) is 2.86. The minimum atomic E-state index is -5.61. The van der Waals surface area contributed by atoms with Gasteiger partial charge < -0.3 is 9.84 Å². The number of hydrogen-bond acceptors (Lipinski definition) is 2. The van der Waals surface area contributed by atoms with Crippen molar-refractivity contribution in [3.8, 4) is 0 Å². The van der Waals surface area contributed by atoms with E-state index >= 15 is 0 Å². The second kappa shape index (κ2) is 5.29. The third-order valence-electron chi connectivity index (χ3n) is 3.31. The molecule has 2 rings (SSSR count). The third kappa shape index (κ3) is 2.78. The number of aliphatic hydroxyl groups excluding tert-OH is 1. The number of halogens is 5. The monoisotopic (exact) mass is 296 g/mol. The fourth-order valence-electron chi connectivity index (χ4n) is 2.16. The van der Waals surface area contributed by atoms with Crippen LogP contribution in [0.25, 0.3) is 0 Å². The number of aliphatic hydroxyl groups is 1. The highest BCUT2D eigenvalue weighted by atomic mass is 19.4. The molecule has 1 aliphatic heterocycles. The maximum Gasteiger partial charge on any atom is 0.458 e. The highest BCUT2D eigenvalue weighted by molar-refractivity contribution is 5.28. The maximum absolute atomic E-state index is 13.1. The minimum absolute atomic E-state index is 0.138. The summed E-state index contributed by atoms with van der Waals surface area (Å²) in [6, 6.07) is 3.94. The van der Waals surface area contributed by atoms with Crippen molar-refractivity contribution in [3.63, 3.8) is 0 Å². The Kier molecular flexibility index (Phi) is 4.02. The quantitative estimate of drug-likeness (QED) is 0.864. The summed E-state index contributed by atoms with van der Waals surface area (Å²) in [6.07, 6.45) is -5.07. The molecule has 7 heteroatoms. The van der Waals surface area contributed by atoms with Crippen molar-refractivity contribution in [2.45, 2.75) is 37.1 Å². The van der Waals surface area contributed by atoms with Crippen LogP contribution in [0.2, 0.25) is 0 Å². The molecule has 2 atom stereocenters. The maximum atomic E-state index is 13.1. The Hall–Kier alpha value is -1.21. The predicted octanol–water partition coefficient (Wildman–Crippen LogP) is 3.55. The van der Waals surface area contributed by atoms with Crippen LogP contribution < -0.4 is 0 Å². The molecule has 0 spiro atoms. The summed E-state index contributed by atoms with van der Waals surface area (Å²) in [5.74, 6) is -4.87. The fourth-order valence-corrected chi connectivity index (χ4v) is 2.16. The summed E-state index contributed by atoms with van der Waals surface area (Å²) in [5, 5.41) is 8.92. The topological polar surface area (TPSA) is 29.5 Å². The number of ether oxygens (including phenoxy) is 1. The summed E-state index contributed by atoms with van der Waals surface area (Å²) in [7, 11) is 0. The van der Waals surface area contributed by atoms with Gasteiger partial charge in [-0.1, -0.05) is 24.3 Å². The average molecular weight is 296 g/mol. The van der Waals surface area contributed by atoms with Crippen molar-refractivity contribution < 1.29 is 31.8 Å². The molecule has 0 unspecified atom stereocenters. The van der Waals surface area contributed by atoms with Crippen molar-refractivity contribution in [1.29, 1.82) is 0 Å². The van der Waals surface area contributed by atoms with Gasteiger partial charge in [-0.05, 0) is 18.4 Å². The van der Waals surface area contributed by atoms with Crippen molar-refractivity contribution >= 4 is 0 Å². The van der Waals surface area contributed by atoms with Crippen molar-refractivity contribution in [2.75, 3.05) is 6.61 Å². The molecule has 0 radical (unpaired) electrons. The van der Waals surface area contributed by atoms with E-state index in [1.165, 1.54) is 12.1 Å². The lowest BCUT2D eigenvalue weighted by Gasteiger charge is -2.20. The van der Waals surface area contributed by atoms with E-state index in [0.717, 1.165) is 12.1 Å². The zero-order chi connectivity index (χ0) is 15.0. The Morgan fingerprint density at radius 1 is 1.05 bits per heavy atom. The molecule has 0 aliphatic carbocycles. The lowest BCUT2D eigenvalue weighted by Crippen LogP contribution is -2.33. The van der Waals surface area contributed by atoms with E-state index in [4.69, 9.17) is 9.84 Å². The van der Waals surface area contributed by atoms with Crippen LogP contribution in [0.4, 0.5) is 22.0 Å². The smallest absolute Gasteiger partial charge is 0.394 e. The first-order valence-electron chi connectivity index (χ1n) is 6.07. The summed E-state index contributed by atoms with van der Waals surface area (Å²) in [5.41, 5.74) is -0.562. The van der Waals surface area contributed by atoms with Gasteiger partial charge in [-0.15, -0.1) is 0 Å². The Bertz CT molecular complexity index is 455. The molecular formula is C13H13F5O2. The molecule has 1 fully saturated rings. The molecule has 0 bridgehead atoms. The van der Waals surface area contributed by atoms with E-state index in [9.17, 15) is 22.0 Å². The van der Waals surface area contributed by atoms with Gasteiger partial charge in [-0.25, -0.2) is 0 Å². The molecule has 0 amide bonds. The normalized spacial score (nSPS) is 24.1. The summed E-state index contributed by atoms with van der Waals surface area (Å²) in [4.78, 5) is 0. The van der Waals surface area contributed by atoms with E-state index in [0.29, 0.717) is 18.4 Å². The van der Waals surface area contributed by atoms with Crippen molar-refractivity contribution in [1.82, 2.24) is 0 Å². The van der Waals surface area contributed by atoms with Crippen LogP contribution in [-0.4, -0.2) is 24.0 Å². The molecule has 1 aromatic carbocycles. The van der Waals surface area contributed by atoms with Crippen LogP contribution in [0.1, 0.15) is 30.1 Å². The van der Waals surface area contributed by atoms with Crippen LogP contribution >= 0.6 is 0 Å². The lowest BCUT2D eigenvalue weighted by atomic mass is 10.0. The van der Waals surface area contributed by atoms with Gasteiger partial charge in [0.2, 0.25) is 0 Å². The molecule has 0 saturated carbocycles. The summed E-state index contributed by atoms with van der Waals surface area (Å²) < 4.78 is 68.3. The van der Waals surface area contributed by atoms with Gasteiger partial charge in [0.05, 0.1) is 18.8 Å². The van der Waals surface area contributed by atoms with E-state index in [2.05, 4.69) is 0 Å². The van der Waals surface area contributed by atoms with Crippen LogP contribution in [0, 0.1) is 0 Å². The first-order chi connectivity index (χ1) is 9.25. The SMILES string of the molecule is OC[C@H]1CC[C@@H](c2ccc(C(F)(F)C(F)(F)F)cc2)O1. The second-order valence-corrected chi connectivity index (χ2v) is 4.70. The molecule has 1 heterocycles. The fraction of sp³-hybridized carbons (Fsp3) is 0.538. The molecule has 112 valence electrons. The molecule has 1 aliphatic rings. The molecule has 2 nitrogen and oxygen atoms in total. The lowest BCUT2D eigenvalue weighted by molar-refractivity contribution is -0.289. The predicted molar refractivity (Wildman–Crippen MR) is 60.3 cm³/mol. The Morgan fingerprint density at radius 2 is 1.65 bits per heavy atom. The molecule has 1 N–H and O–H groups in total. The zero-order valence-corrected chi connectivity index (χ0v) is 10.3. The first-order valence-corrected chi connectivity index (χ1v) is 6.07. The van der Waals surface area contributed by atoms with Gasteiger partial charge in [-0.2, -0.15) is 22.0 Å². The largest absolute Gasteiger partial charge is 0.458 e. The van der Waals surface area contributed by atoms with Gasteiger partial charge in [0, 0.05) is 5.56 Å². The first kappa shape index (κ1) is 15.2. The molecular weight excluding hydrogens is 283 g/mol. The van der Waals surface area contributed by atoms with Gasteiger partial charge in [0.25, 0.3) is 0 Å². The van der Waals surface area contributed by atoms with Crippen LogP contribution in [0.3, 0.4) is 0 Å². The molecule has 1 saturated heterocycles. The highest BCUT2D eigenvalue weighted by Gasteiger charge is 2.58. The minimum Gasteiger partial charge on any atom is -0.394 e. The number of hydrogen-bond donors (Lipinski definition) is 1. The summed E-state index contributed by atoms with van der Waals surface area (Å²) >= 11 is 0. The number of rotatable bonds is 3. The molecule has 1 aromatic rings. The second-order valence-electron chi connectivity index (χ2n) is 4.70. The van der Waals surface area contributed by atoms with Crippen molar-refractivity contribution in [2.24, 2.45) is 0 Å². The molecule has 0 aromatic heterocycles. The molecule has 20 heavy (non-hydrogen) atoms. The standard InChI is InChI=1S/C13H13F5O2/c14-12(15,13(16,17)18)9-3-1-8(2-4-9)11-6-5-10(7-19)20-11/h1-4,10-11,19H,5-7H2/t10-,11+/m1/s1. The number of alkyl halides is 5. The van der Waals surface area contributed by atoms with Gasteiger partial charge in [-0.3, -0.25) is 0 Å². The van der Waals surface area contributed by atoms with Gasteiger partial charge in [0.1, 0.15) is 0 Å². The number of benzene rings is 1. The summed E-state index contributed by atoms with van der Waals surface area (Å²) in [6.45, 7) is -0.138. The highest BCUT2D eigenvalue weighted by Crippen LogP contribution is 2.44. The van der Waals surface area contributed by atoms with E-state index in [1.54, 1.807) is 0 Å². The van der Waals surface area contributed by atoms with Crippen LogP contribution in [0.15, 0.2) is 24.3 Å². The van der Waals surface area contributed by atoms with E-state index < -0.39 is 17.7 Å². The zero-order valence-electron chi connectivity index (χ0n) is 10.3.